The van der Waals surface area contributed by atoms with E-state index in [0.29, 0.717) is 12.1 Å². The molecule has 0 fully saturated rings. The van der Waals surface area contributed by atoms with Crippen LogP contribution >= 0.6 is 0 Å². The fourth-order valence-electron chi connectivity index (χ4n) is 2.95. The van der Waals surface area contributed by atoms with Crippen molar-refractivity contribution in [2.45, 2.75) is 6.54 Å². The van der Waals surface area contributed by atoms with Crippen LogP contribution in [0.2, 0.25) is 0 Å². The number of nitrogens with one attached hydrogen (secondary N) is 1. The van der Waals surface area contributed by atoms with Gasteiger partial charge >= 0.3 is 0 Å². The molecule has 3 aromatic carbocycles. The number of amides is 1. The van der Waals surface area contributed by atoms with Gasteiger partial charge in [0.05, 0.1) is 0 Å². The molecule has 4 nitrogen and oxygen atoms in total. The molecular formula is C21H15FN2O2. The Morgan fingerprint density at radius 1 is 1.04 bits per heavy atom. The normalized spacial score (nSPS) is 10.8. The molecule has 4 rings (SSSR count). The number of fused-ring (bicyclic) bond motifs is 1. The van der Waals surface area contributed by atoms with E-state index >= 15 is 0 Å². The van der Waals surface area contributed by atoms with Gasteiger partial charge in [0.15, 0.2) is 17.8 Å². The lowest BCUT2D eigenvalue weighted by molar-refractivity contribution is 0.0947. The summed E-state index contributed by atoms with van der Waals surface area (Å²) in [5, 5.41) is 5.06. The molecule has 0 saturated heterocycles. The molecule has 0 saturated carbocycles. The maximum atomic E-state index is 13.4. The maximum absolute atomic E-state index is 13.4. The highest BCUT2D eigenvalue weighted by Gasteiger charge is 2.18. The van der Waals surface area contributed by atoms with Gasteiger partial charge in [-0.1, -0.05) is 54.6 Å². The average molecular weight is 346 g/mol. The number of aromatic nitrogens is 1. The van der Waals surface area contributed by atoms with Crippen LogP contribution in [0.4, 0.5) is 4.39 Å². The van der Waals surface area contributed by atoms with Gasteiger partial charge in [0.2, 0.25) is 0 Å². The molecule has 4 aromatic rings. The quantitative estimate of drug-likeness (QED) is 0.589. The van der Waals surface area contributed by atoms with Gasteiger partial charge in [-0.15, -0.1) is 0 Å². The number of carbonyl (C=O) groups is 1. The zero-order valence-electron chi connectivity index (χ0n) is 13.8. The number of nitrogens with zero attached hydrogens (tertiary/aromatic N) is 1. The molecule has 0 unspecified atom stereocenters. The van der Waals surface area contributed by atoms with E-state index < -0.39 is 5.82 Å². The number of halogens is 1. The Morgan fingerprint density at radius 3 is 2.73 bits per heavy atom. The number of benzene rings is 3. The third-order valence-electron chi connectivity index (χ3n) is 4.19. The van der Waals surface area contributed by atoms with E-state index in [-0.39, 0.29) is 17.4 Å². The van der Waals surface area contributed by atoms with Crippen molar-refractivity contribution in [1.29, 1.82) is 0 Å². The highest BCUT2D eigenvalue weighted by molar-refractivity contribution is 5.97. The van der Waals surface area contributed by atoms with Gasteiger partial charge < -0.3 is 9.73 Å². The van der Waals surface area contributed by atoms with Crippen molar-refractivity contribution >= 4 is 16.7 Å². The molecule has 1 N–H and O–H groups in total. The summed E-state index contributed by atoms with van der Waals surface area (Å²) in [5.74, 6) is -0.521. The lowest BCUT2D eigenvalue weighted by atomic mass is 10.0. The first kappa shape index (κ1) is 16.0. The summed E-state index contributed by atoms with van der Waals surface area (Å²) in [7, 11) is 0. The van der Waals surface area contributed by atoms with E-state index in [1.165, 1.54) is 18.5 Å². The molecular weight excluding hydrogens is 331 g/mol. The smallest absolute Gasteiger partial charge is 0.274 e. The van der Waals surface area contributed by atoms with Crippen molar-refractivity contribution in [2.24, 2.45) is 0 Å². The molecule has 0 atom stereocenters. The summed E-state index contributed by atoms with van der Waals surface area (Å²) >= 11 is 0. The van der Waals surface area contributed by atoms with Crippen molar-refractivity contribution < 1.29 is 13.6 Å². The lowest BCUT2D eigenvalue weighted by Gasteiger charge is -2.08. The second-order valence-electron chi connectivity index (χ2n) is 5.86. The number of hydrogen-bond donors (Lipinski definition) is 1. The Kier molecular flexibility index (Phi) is 4.19. The van der Waals surface area contributed by atoms with Crippen molar-refractivity contribution in [1.82, 2.24) is 10.3 Å². The van der Waals surface area contributed by atoms with Crippen LogP contribution in [0.15, 0.2) is 77.5 Å². The van der Waals surface area contributed by atoms with Crippen LogP contribution in [0.25, 0.3) is 22.1 Å². The molecule has 0 aliphatic rings. The molecule has 0 spiro atoms. The SMILES string of the molecule is O=C(NCc1cccc2ccccc12)c1ncoc1-c1cccc(F)c1. The molecule has 1 heterocycles. The number of carbonyl (C=O) groups excluding carboxylic acids is 1. The Morgan fingerprint density at radius 2 is 1.85 bits per heavy atom. The second kappa shape index (κ2) is 6.80. The highest BCUT2D eigenvalue weighted by atomic mass is 19.1. The third-order valence-corrected chi connectivity index (χ3v) is 4.19. The molecule has 0 bridgehead atoms. The summed E-state index contributed by atoms with van der Waals surface area (Å²) in [6.07, 6.45) is 1.19. The molecule has 5 heteroatoms. The van der Waals surface area contributed by atoms with E-state index in [4.69, 9.17) is 4.42 Å². The molecule has 1 aromatic heterocycles. The molecule has 0 radical (unpaired) electrons. The van der Waals surface area contributed by atoms with Crippen LogP contribution in [-0.2, 0) is 6.54 Å². The Labute approximate surface area is 149 Å². The fourth-order valence-corrected chi connectivity index (χ4v) is 2.95. The number of rotatable bonds is 4. The summed E-state index contributed by atoms with van der Waals surface area (Å²) in [6, 6.07) is 19.8. The van der Waals surface area contributed by atoms with Crippen molar-refractivity contribution in [3.8, 4) is 11.3 Å². The number of oxazole rings is 1. The molecule has 0 aliphatic heterocycles. The average Bonchev–Trinajstić information content (AvgIpc) is 3.16. The van der Waals surface area contributed by atoms with Crippen LogP contribution in [0.3, 0.4) is 0 Å². The predicted molar refractivity (Wildman–Crippen MR) is 97.0 cm³/mol. The first-order valence-electron chi connectivity index (χ1n) is 8.16. The Bertz CT molecular complexity index is 1080. The van der Waals surface area contributed by atoms with Gasteiger partial charge in [-0.2, -0.15) is 0 Å². The molecule has 26 heavy (non-hydrogen) atoms. The van der Waals surface area contributed by atoms with Crippen LogP contribution in [0, 0.1) is 5.82 Å². The van der Waals surface area contributed by atoms with Crippen LogP contribution in [0.1, 0.15) is 16.1 Å². The predicted octanol–water partition coefficient (Wildman–Crippen LogP) is 4.56. The van der Waals surface area contributed by atoms with Gasteiger partial charge in [-0.05, 0) is 28.5 Å². The molecule has 128 valence electrons. The van der Waals surface area contributed by atoms with E-state index in [9.17, 15) is 9.18 Å². The summed E-state index contributed by atoms with van der Waals surface area (Å²) in [4.78, 5) is 16.6. The van der Waals surface area contributed by atoms with Crippen molar-refractivity contribution in [3.05, 3.63) is 90.2 Å². The van der Waals surface area contributed by atoms with Crippen LogP contribution < -0.4 is 5.32 Å². The van der Waals surface area contributed by atoms with E-state index in [1.54, 1.807) is 12.1 Å². The van der Waals surface area contributed by atoms with Gasteiger partial charge in [0.25, 0.3) is 5.91 Å². The minimum Gasteiger partial charge on any atom is -0.443 e. The van der Waals surface area contributed by atoms with Crippen molar-refractivity contribution in [2.75, 3.05) is 0 Å². The summed E-state index contributed by atoms with van der Waals surface area (Å²) in [5.41, 5.74) is 1.61. The minimum absolute atomic E-state index is 0.135. The lowest BCUT2D eigenvalue weighted by Crippen LogP contribution is -2.23. The van der Waals surface area contributed by atoms with Gasteiger partial charge in [-0.25, -0.2) is 9.37 Å². The minimum atomic E-state index is -0.402. The zero-order chi connectivity index (χ0) is 17.9. The second-order valence-corrected chi connectivity index (χ2v) is 5.86. The zero-order valence-corrected chi connectivity index (χ0v) is 13.8. The monoisotopic (exact) mass is 346 g/mol. The summed E-state index contributed by atoms with van der Waals surface area (Å²) < 4.78 is 18.8. The highest BCUT2D eigenvalue weighted by Crippen LogP contribution is 2.24. The van der Waals surface area contributed by atoms with E-state index in [1.807, 2.05) is 42.5 Å². The van der Waals surface area contributed by atoms with Crippen LogP contribution in [0.5, 0.6) is 0 Å². The van der Waals surface area contributed by atoms with Crippen molar-refractivity contribution in [3.63, 3.8) is 0 Å². The Balaban J connectivity index is 1.57. The Hall–Kier alpha value is -3.47. The van der Waals surface area contributed by atoms with Gasteiger partial charge in [-0.3, -0.25) is 4.79 Å². The molecule has 1 amide bonds. The maximum Gasteiger partial charge on any atom is 0.274 e. The van der Waals surface area contributed by atoms with Crippen LogP contribution in [-0.4, -0.2) is 10.9 Å². The largest absolute Gasteiger partial charge is 0.443 e. The summed E-state index contributed by atoms with van der Waals surface area (Å²) in [6.45, 7) is 0.357. The number of hydrogen-bond acceptors (Lipinski definition) is 3. The van der Waals surface area contributed by atoms with E-state index in [2.05, 4.69) is 10.3 Å². The fraction of sp³-hybridized carbons (Fsp3) is 0.0476. The third kappa shape index (κ3) is 3.07. The first-order chi connectivity index (χ1) is 12.7. The topological polar surface area (TPSA) is 55.1 Å². The standard InChI is InChI=1S/C21H15FN2O2/c22-17-9-4-7-15(11-17)20-19(24-13-26-20)21(25)23-12-16-8-3-6-14-5-1-2-10-18(14)16/h1-11,13H,12H2,(H,23,25). The van der Waals surface area contributed by atoms with Gasteiger partial charge in [0.1, 0.15) is 5.82 Å². The first-order valence-corrected chi connectivity index (χ1v) is 8.16. The van der Waals surface area contributed by atoms with Gasteiger partial charge in [0, 0.05) is 12.1 Å². The van der Waals surface area contributed by atoms with E-state index in [0.717, 1.165) is 16.3 Å². The molecule has 0 aliphatic carbocycles.